The van der Waals surface area contributed by atoms with Gasteiger partial charge < -0.3 is 19.7 Å². The van der Waals surface area contributed by atoms with Crippen LogP contribution < -0.4 is 10.9 Å². The molecular weight excluding hydrogens is 394 g/mol. The molecule has 10 heteroatoms. The van der Waals surface area contributed by atoms with Crippen molar-refractivity contribution in [2.24, 2.45) is 0 Å². The molecule has 152 valence electrons. The zero-order valence-corrected chi connectivity index (χ0v) is 16.9. The van der Waals surface area contributed by atoms with Gasteiger partial charge in [0, 0.05) is 12.6 Å². The van der Waals surface area contributed by atoms with Crippen LogP contribution in [0.5, 0.6) is 0 Å². The van der Waals surface area contributed by atoms with Gasteiger partial charge in [-0.1, -0.05) is 17.3 Å². The van der Waals surface area contributed by atoms with E-state index in [1.54, 1.807) is 36.1 Å². The topological polar surface area (TPSA) is 121 Å². The number of para-hydroxylation sites is 1. The van der Waals surface area contributed by atoms with Gasteiger partial charge in [0.15, 0.2) is 5.82 Å². The Hall–Kier alpha value is -3.14. The molecule has 9 nitrogen and oxygen atoms in total. The van der Waals surface area contributed by atoms with Gasteiger partial charge in [0.05, 0.1) is 29.0 Å². The van der Waals surface area contributed by atoms with Crippen LogP contribution >= 0.6 is 11.8 Å². The number of nitrogens with one attached hydrogen (secondary N) is 2. The van der Waals surface area contributed by atoms with E-state index in [2.05, 4.69) is 20.4 Å². The maximum Gasteiger partial charge on any atom is 0.258 e. The predicted octanol–water partition coefficient (Wildman–Crippen LogP) is 1.94. The van der Waals surface area contributed by atoms with Crippen LogP contribution in [0.25, 0.3) is 10.9 Å². The molecule has 0 bridgehead atoms. The Morgan fingerprint density at radius 1 is 1.28 bits per heavy atom. The fourth-order valence-electron chi connectivity index (χ4n) is 2.69. The van der Waals surface area contributed by atoms with Crippen LogP contribution in [-0.2, 0) is 16.1 Å². The van der Waals surface area contributed by atoms with Crippen LogP contribution in [0.1, 0.15) is 18.5 Å². The second kappa shape index (κ2) is 9.37. The number of nitrogens with zero attached hydrogens (tertiary/aromatic N) is 3. The van der Waals surface area contributed by atoms with Crippen molar-refractivity contribution < 1.29 is 14.1 Å². The van der Waals surface area contributed by atoms with E-state index in [-0.39, 0.29) is 35.4 Å². The summed E-state index contributed by atoms with van der Waals surface area (Å²) in [5, 5.41) is 6.80. The summed E-state index contributed by atoms with van der Waals surface area (Å²) in [5.74, 6) is 1.21. The quantitative estimate of drug-likeness (QED) is 0.577. The van der Waals surface area contributed by atoms with Crippen LogP contribution in [0.3, 0.4) is 0 Å². The first-order valence-electron chi connectivity index (χ1n) is 9.03. The van der Waals surface area contributed by atoms with Gasteiger partial charge >= 0.3 is 0 Å². The summed E-state index contributed by atoms with van der Waals surface area (Å²) in [6.07, 6.45) is 0. The Labute approximate surface area is 170 Å². The van der Waals surface area contributed by atoms with Gasteiger partial charge in [-0.2, -0.15) is 0 Å². The number of aryl methyl sites for hydroxylation is 1. The summed E-state index contributed by atoms with van der Waals surface area (Å²) < 4.78 is 4.88. The number of H-pyrrole nitrogens is 1. The molecule has 0 aliphatic rings. The van der Waals surface area contributed by atoms with Crippen molar-refractivity contribution >= 4 is 40.3 Å². The molecule has 0 aliphatic carbocycles. The minimum absolute atomic E-state index is 0.111. The van der Waals surface area contributed by atoms with E-state index in [4.69, 9.17) is 4.52 Å². The first-order valence-corrected chi connectivity index (χ1v) is 10.2. The standard InChI is InChI=1S/C19H21N5O4S/c1-3-24(9-16-20-14-7-5-4-6-13(14)19(27)22-16)18(26)11-29-10-17(25)21-15-8-12(2)28-23-15/h4-8H,3,9-11H2,1-2H3,(H,20,22,27)(H,21,23,25). The second-order valence-corrected chi connectivity index (χ2v) is 7.29. The zero-order valence-electron chi connectivity index (χ0n) is 16.1. The smallest absolute Gasteiger partial charge is 0.258 e. The Morgan fingerprint density at radius 2 is 2.07 bits per heavy atom. The summed E-state index contributed by atoms with van der Waals surface area (Å²) in [7, 11) is 0. The number of thioether (sulfide) groups is 1. The third-order valence-electron chi connectivity index (χ3n) is 4.09. The third-order valence-corrected chi connectivity index (χ3v) is 5.01. The van der Waals surface area contributed by atoms with Crippen LogP contribution in [0.2, 0.25) is 0 Å². The molecule has 0 fully saturated rings. The van der Waals surface area contributed by atoms with Crippen LogP contribution in [0, 0.1) is 6.92 Å². The molecular formula is C19H21N5O4S. The normalized spacial score (nSPS) is 10.8. The summed E-state index contributed by atoms with van der Waals surface area (Å²) in [5.41, 5.74) is 0.354. The summed E-state index contributed by atoms with van der Waals surface area (Å²) >= 11 is 1.20. The number of carbonyl (C=O) groups excluding carboxylic acids is 2. The Bertz CT molecular complexity index is 1080. The number of amides is 2. The largest absolute Gasteiger partial charge is 0.360 e. The van der Waals surface area contributed by atoms with Crippen molar-refractivity contribution in [3.05, 3.63) is 52.3 Å². The molecule has 2 heterocycles. The van der Waals surface area contributed by atoms with Crippen molar-refractivity contribution in [3.8, 4) is 0 Å². The number of anilines is 1. The average Bonchev–Trinajstić information content (AvgIpc) is 3.10. The molecule has 0 radical (unpaired) electrons. The molecule has 0 saturated carbocycles. The molecule has 0 unspecified atom stereocenters. The Kier molecular flexibility index (Phi) is 6.65. The Morgan fingerprint density at radius 3 is 2.79 bits per heavy atom. The molecule has 2 N–H and O–H groups in total. The fraction of sp³-hybridized carbons (Fsp3) is 0.316. The number of carbonyl (C=O) groups is 2. The number of benzene rings is 1. The Balaban J connectivity index is 1.54. The summed E-state index contributed by atoms with van der Waals surface area (Å²) in [6.45, 7) is 4.23. The number of aromatic amines is 1. The maximum absolute atomic E-state index is 12.5. The monoisotopic (exact) mass is 415 g/mol. The lowest BCUT2D eigenvalue weighted by Gasteiger charge is -2.20. The fourth-order valence-corrected chi connectivity index (χ4v) is 3.41. The van der Waals surface area contributed by atoms with Crippen molar-refractivity contribution in [2.45, 2.75) is 20.4 Å². The molecule has 2 aromatic heterocycles. The van der Waals surface area contributed by atoms with Gasteiger partial charge in [-0.25, -0.2) is 4.98 Å². The molecule has 0 spiro atoms. The van der Waals surface area contributed by atoms with E-state index in [0.29, 0.717) is 34.9 Å². The van der Waals surface area contributed by atoms with Gasteiger partial charge in [-0.3, -0.25) is 14.4 Å². The van der Waals surface area contributed by atoms with Gasteiger partial charge in [0.1, 0.15) is 11.6 Å². The lowest BCUT2D eigenvalue weighted by atomic mass is 10.2. The highest BCUT2D eigenvalue weighted by molar-refractivity contribution is 8.00. The lowest BCUT2D eigenvalue weighted by molar-refractivity contribution is -0.128. The molecule has 0 aliphatic heterocycles. The van der Waals surface area contributed by atoms with Crippen molar-refractivity contribution in [2.75, 3.05) is 23.4 Å². The summed E-state index contributed by atoms with van der Waals surface area (Å²) in [6, 6.07) is 8.66. The molecule has 0 saturated heterocycles. The van der Waals surface area contributed by atoms with Crippen LogP contribution in [0.4, 0.5) is 5.82 Å². The average molecular weight is 415 g/mol. The number of hydrogen-bond acceptors (Lipinski definition) is 7. The van der Waals surface area contributed by atoms with Crippen molar-refractivity contribution in [1.29, 1.82) is 0 Å². The van der Waals surface area contributed by atoms with Gasteiger partial charge in [-0.15, -0.1) is 11.8 Å². The van der Waals surface area contributed by atoms with E-state index in [9.17, 15) is 14.4 Å². The predicted molar refractivity (Wildman–Crippen MR) is 111 cm³/mol. The first-order chi connectivity index (χ1) is 14.0. The minimum atomic E-state index is -0.264. The SMILES string of the molecule is CCN(Cc1nc2ccccc2c(=O)[nH]1)C(=O)CSCC(=O)Nc1cc(C)on1. The molecule has 0 atom stereocenters. The van der Waals surface area contributed by atoms with Crippen molar-refractivity contribution in [1.82, 2.24) is 20.0 Å². The molecule has 3 aromatic rings. The van der Waals surface area contributed by atoms with Gasteiger partial charge in [0.2, 0.25) is 11.8 Å². The lowest BCUT2D eigenvalue weighted by Crippen LogP contribution is -2.33. The highest BCUT2D eigenvalue weighted by atomic mass is 32.2. The molecule has 2 amide bonds. The minimum Gasteiger partial charge on any atom is -0.360 e. The molecule has 29 heavy (non-hydrogen) atoms. The molecule has 3 rings (SSSR count). The summed E-state index contributed by atoms with van der Waals surface area (Å²) in [4.78, 5) is 45.3. The first kappa shape index (κ1) is 20.6. The number of aromatic nitrogens is 3. The number of hydrogen-bond donors (Lipinski definition) is 2. The van der Waals surface area contributed by atoms with E-state index < -0.39 is 0 Å². The highest BCUT2D eigenvalue weighted by Crippen LogP contribution is 2.11. The van der Waals surface area contributed by atoms with E-state index in [0.717, 1.165) is 0 Å². The van der Waals surface area contributed by atoms with Gasteiger partial charge in [0.25, 0.3) is 5.56 Å². The van der Waals surface area contributed by atoms with Gasteiger partial charge in [-0.05, 0) is 26.0 Å². The molecule has 1 aromatic carbocycles. The number of fused-ring (bicyclic) bond motifs is 1. The zero-order chi connectivity index (χ0) is 20.8. The third kappa shape index (κ3) is 5.44. The van der Waals surface area contributed by atoms with E-state index in [1.165, 1.54) is 11.8 Å². The second-order valence-electron chi connectivity index (χ2n) is 6.30. The van der Waals surface area contributed by atoms with E-state index >= 15 is 0 Å². The highest BCUT2D eigenvalue weighted by Gasteiger charge is 2.15. The van der Waals surface area contributed by atoms with Crippen LogP contribution in [0.15, 0.2) is 39.6 Å². The van der Waals surface area contributed by atoms with Crippen molar-refractivity contribution in [3.63, 3.8) is 0 Å². The van der Waals surface area contributed by atoms with E-state index in [1.807, 2.05) is 13.0 Å². The number of rotatable bonds is 8. The van der Waals surface area contributed by atoms with Crippen LogP contribution in [-0.4, -0.2) is 49.9 Å². The maximum atomic E-state index is 12.5.